The minimum absolute atomic E-state index is 0.0622. The summed E-state index contributed by atoms with van der Waals surface area (Å²) in [6.45, 7) is 2.75. The van der Waals surface area contributed by atoms with E-state index in [9.17, 15) is 14.4 Å². The highest BCUT2D eigenvalue weighted by Gasteiger charge is 2.38. The van der Waals surface area contributed by atoms with E-state index in [1.165, 1.54) is 18.9 Å². The molecule has 1 atom stereocenters. The van der Waals surface area contributed by atoms with E-state index < -0.39 is 0 Å². The van der Waals surface area contributed by atoms with Gasteiger partial charge in [0.25, 0.3) is 0 Å². The van der Waals surface area contributed by atoms with Crippen molar-refractivity contribution in [3.63, 3.8) is 0 Å². The lowest BCUT2D eigenvalue weighted by Crippen LogP contribution is -2.59. The van der Waals surface area contributed by atoms with Crippen molar-refractivity contribution in [1.82, 2.24) is 10.4 Å². The van der Waals surface area contributed by atoms with Crippen LogP contribution in [0.3, 0.4) is 0 Å². The second kappa shape index (κ2) is 5.96. The van der Waals surface area contributed by atoms with Crippen LogP contribution in [0.2, 0.25) is 0 Å². The largest absolute Gasteiger partial charge is 0.457 e. The highest BCUT2D eigenvalue weighted by atomic mass is 32.2. The van der Waals surface area contributed by atoms with Gasteiger partial charge in [0.05, 0.1) is 6.42 Å². The number of amides is 2. The maximum Gasteiger partial charge on any atom is 0.245 e. The lowest BCUT2D eigenvalue weighted by atomic mass is 10.2. The number of benzene rings is 1. The Morgan fingerprint density at radius 3 is 2.25 bits per heavy atom. The average Bonchev–Trinajstić information content (AvgIpc) is 2.36. The van der Waals surface area contributed by atoms with Crippen LogP contribution in [0.15, 0.2) is 24.3 Å². The molecule has 0 spiro atoms. The Bertz CT molecular complexity index is 536. The van der Waals surface area contributed by atoms with Crippen molar-refractivity contribution >= 4 is 28.7 Å². The van der Waals surface area contributed by atoms with Crippen LogP contribution < -0.4 is 10.2 Å². The number of ether oxygens (including phenoxy) is 1. The third-order valence-electron chi connectivity index (χ3n) is 2.53. The van der Waals surface area contributed by atoms with Crippen LogP contribution in [0.25, 0.3) is 0 Å². The van der Waals surface area contributed by atoms with E-state index in [0.717, 1.165) is 23.3 Å². The van der Waals surface area contributed by atoms with Crippen LogP contribution in [0.5, 0.6) is 11.5 Å². The number of hydrazine groups is 1. The molecule has 1 aromatic carbocycles. The normalized spacial score (nSPS) is 17.8. The minimum atomic E-state index is -0.304. The van der Waals surface area contributed by atoms with E-state index in [1.54, 1.807) is 0 Å². The first-order valence-corrected chi connectivity index (χ1v) is 6.88. The molecule has 1 N–H and O–H groups in total. The molecule has 4 rings (SSSR count). The highest BCUT2D eigenvalue weighted by Crippen LogP contribution is 2.33. The van der Waals surface area contributed by atoms with Crippen molar-refractivity contribution in [2.45, 2.75) is 25.6 Å². The molecule has 1 aromatic rings. The molecule has 0 radical (unpaired) electrons. The number of carbonyl (C=O) groups is 3. The number of nitrogens with one attached hydrogen (secondary N) is 1. The number of carbonyl (C=O) groups excluding carboxylic acids is 3. The van der Waals surface area contributed by atoms with Gasteiger partial charge in [0.1, 0.15) is 16.9 Å². The topological polar surface area (TPSA) is 75.7 Å². The van der Waals surface area contributed by atoms with Crippen LogP contribution in [-0.2, 0) is 14.4 Å². The molecule has 0 aromatic heterocycles. The number of hydrogen-bond donors (Lipinski definition) is 1. The van der Waals surface area contributed by atoms with Gasteiger partial charge in [-0.3, -0.25) is 19.8 Å². The Hall–Kier alpha value is -2.02. The van der Waals surface area contributed by atoms with E-state index in [4.69, 9.17) is 4.74 Å². The van der Waals surface area contributed by atoms with Gasteiger partial charge in [-0.15, -0.1) is 0 Å². The molecule has 0 aliphatic carbocycles. The number of rotatable bonds is 2. The van der Waals surface area contributed by atoms with E-state index in [2.05, 4.69) is 5.43 Å². The molecular weight excluding hydrogens is 280 g/mol. The second-order valence-electron chi connectivity index (χ2n) is 4.28. The van der Waals surface area contributed by atoms with Crippen LogP contribution in [0, 0.1) is 0 Å². The Morgan fingerprint density at radius 2 is 1.95 bits per heavy atom. The molecule has 0 saturated carbocycles. The van der Waals surface area contributed by atoms with E-state index in [-0.39, 0.29) is 22.3 Å². The molecule has 106 valence electrons. The van der Waals surface area contributed by atoms with Gasteiger partial charge in [0.15, 0.2) is 5.12 Å². The van der Waals surface area contributed by atoms with Crippen molar-refractivity contribution in [3.8, 4) is 11.5 Å². The third-order valence-corrected chi connectivity index (χ3v) is 3.51. The van der Waals surface area contributed by atoms with Gasteiger partial charge < -0.3 is 4.74 Å². The van der Waals surface area contributed by atoms with Crippen molar-refractivity contribution in [3.05, 3.63) is 24.3 Å². The molecule has 0 unspecified atom stereocenters. The first-order valence-electron chi connectivity index (χ1n) is 6.00. The molecular formula is C13H14N2O4S. The predicted molar refractivity (Wildman–Crippen MR) is 73.9 cm³/mol. The maximum atomic E-state index is 10.9. The van der Waals surface area contributed by atoms with Gasteiger partial charge in [0.2, 0.25) is 11.8 Å². The molecule has 7 heteroatoms. The number of fused-ring (bicyclic) bond motifs is 2. The Morgan fingerprint density at radius 1 is 1.35 bits per heavy atom. The fourth-order valence-corrected chi connectivity index (χ4v) is 2.54. The van der Waals surface area contributed by atoms with Crippen LogP contribution in [0.1, 0.15) is 20.3 Å². The van der Waals surface area contributed by atoms with Crippen molar-refractivity contribution in [2.75, 3.05) is 0 Å². The number of nitrogens with zero attached hydrogens (tertiary/aromatic N) is 1. The summed E-state index contributed by atoms with van der Waals surface area (Å²) in [5.74, 6) is 1.51. The van der Waals surface area contributed by atoms with Crippen molar-refractivity contribution in [2.24, 2.45) is 0 Å². The van der Waals surface area contributed by atoms with Gasteiger partial charge in [-0.25, -0.2) is 5.01 Å². The SMILES string of the molecule is CC(=O)NN1C(=O)C[C@H]1SC(C)=O.c1cc2cc(c1)O2. The first kappa shape index (κ1) is 14.4. The number of hydrogen-bond acceptors (Lipinski definition) is 5. The lowest BCUT2D eigenvalue weighted by Gasteiger charge is -2.38. The average molecular weight is 294 g/mol. The second-order valence-corrected chi connectivity index (χ2v) is 5.63. The molecule has 1 saturated heterocycles. The van der Waals surface area contributed by atoms with Gasteiger partial charge in [-0.2, -0.15) is 0 Å². The monoisotopic (exact) mass is 294 g/mol. The molecule has 3 aliphatic rings. The Kier molecular flexibility index (Phi) is 4.29. The summed E-state index contributed by atoms with van der Waals surface area (Å²) in [5, 5.41) is 0.899. The zero-order chi connectivity index (χ0) is 14.7. The summed E-state index contributed by atoms with van der Waals surface area (Å²) in [5.41, 5.74) is 2.36. The van der Waals surface area contributed by atoms with Crippen LogP contribution >= 0.6 is 11.8 Å². The molecule has 1 fully saturated rings. The van der Waals surface area contributed by atoms with Gasteiger partial charge in [-0.1, -0.05) is 17.8 Å². The third kappa shape index (κ3) is 3.51. The first-order chi connectivity index (χ1) is 9.45. The standard InChI is InChI=1S/C7H10N2O3S.C6H4O/c1-4(10)8-9-6(12)3-7(9)13-5(2)11;1-2-5-4-6(3-1)7-5/h7H,3H2,1-2H3,(H,8,10);1-4H/t7-;/m1./s1. The smallest absolute Gasteiger partial charge is 0.245 e. The van der Waals surface area contributed by atoms with E-state index in [0.29, 0.717) is 6.42 Å². The Labute approximate surface area is 120 Å². The summed E-state index contributed by atoms with van der Waals surface area (Å²) in [6.07, 6.45) is 0.310. The summed E-state index contributed by atoms with van der Waals surface area (Å²) in [7, 11) is 0. The Balaban J connectivity index is 0.000000173. The predicted octanol–water partition coefficient (Wildman–Crippen LogP) is 1.67. The molecule has 2 bridgehead atoms. The lowest BCUT2D eigenvalue weighted by molar-refractivity contribution is -0.151. The molecule has 3 aliphatic heterocycles. The number of thioether (sulfide) groups is 1. The van der Waals surface area contributed by atoms with Gasteiger partial charge >= 0.3 is 0 Å². The van der Waals surface area contributed by atoms with Gasteiger partial charge in [-0.05, 0) is 12.1 Å². The summed E-state index contributed by atoms with van der Waals surface area (Å²) in [4.78, 5) is 32.3. The fraction of sp³-hybridized carbons (Fsp3) is 0.308. The highest BCUT2D eigenvalue weighted by molar-refractivity contribution is 8.14. The summed E-state index contributed by atoms with van der Waals surface area (Å²) < 4.78 is 5.01. The minimum Gasteiger partial charge on any atom is -0.457 e. The van der Waals surface area contributed by atoms with Crippen LogP contribution in [-0.4, -0.2) is 27.3 Å². The fourth-order valence-electron chi connectivity index (χ4n) is 1.66. The molecule has 20 heavy (non-hydrogen) atoms. The quantitative estimate of drug-likeness (QED) is 0.853. The van der Waals surface area contributed by atoms with E-state index in [1.807, 2.05) is 24.3 Å². The maximum absolute atomic E-state index is 10.9. The molecule has 2 amide bonds. The number of β-lactam (4-membered cyclic amide) rings is 1. The van der Waals surface area contributed by atoms with Gasteiger partial charge in [0, 0.05) is 19.9 Å². The summed E-state index contributed by atoms with van der Waals surface area (Å²) >= 11 is 1.05. The van der Waals surface area contributed by atoms with Crippen molar-refractivity contribution in [1.29, 1.82) is 0 Å². The summed E-state index contributed by atoms with van der Waals surface area (Å²) in [6, 6.07) is 7.86. The van der Waals surface area contributed by atoms with Crippen LogP contribution in [0.4, 0.5) is 0 Å². The van der Waals surface area contributed by atoms with E-state index >= 15 is 0 Å². The zero-order valence-corrected chi connectivity index (χ0v) is 11.9. The van der Waals surface area contributed by atoms with Crippen molar-refractivity contribution < 1.29 is 19.1 Å². The zero-order valence-electron chi connectivity index (χ0n) is 11.1. The molecule has 6 nitrogen and oxygen atoms in total. The molecule has 3 heterocycles.